The molecule has 6 nitrogen and oxygen atoms in total. The molecular formula is C12H18N4O2S. The Labute approximate surface area is 115 Å². The fraction of sp³-hybridized carbons (Fsp3) is 0.583. The van der Waals surface area contributed by atoms with Crippen LogP contribution in [-0.2, 0) is 4.79 Å². The highest BCUT2D eigenvalue weighted by Gasteiger charge is 2.43. The first-order chi connectivity index (χ1) is 9.05. The Morgan fingerprint density at radius 1 is 1.74 bits per heavy atom. The van der Waals surface area contributed by atoms with Crippen LogP contribution in [0.5, 0.6) is 0 Å². The number of carbonyl (C=O) groups excluding carboxylic acids is 1. The number of likely N-dealkylation sites (N-methyl/N-ethyl adjacent to an activating group) is 1. The van der Waals surface area contributed by atoms with E-state index in [0.29, 0.717) is 18.1 Å². The number of nitrogens with one attached hydrogen (secondary N) is 2. The summed E-state index contributed by atoms with van der Waals surface area (Å²) in [5, 5.41) is 4.03. The average molecular weight is 282 g/mol. The van der Waals surface area contributed by atoms with Crippen LogP contribution in [-0.4, -0.2) is 33.2 Å². The van der Waals surface area contributed by atoms with Gasteiger partial charge in [0.25, 0.3) is 5.56 Å². The second kappa shape index (κ2) is 5.75. The van der Waals surface area contributed by atoms with E-state index in [4.69, 9.17) is 5.73 Å². The predicted molar refractivity (Wildman–Crippen MR) is 74.0 cm³/mol. The van der Waals surface area contributed by atoms with Crippen LogP contribution in [0.4, 0.5) is 0 Å². The number of thioether (sulfide) groups is 1. The highest BCUT2D eigenvalue weighted by molar-refractivity contribution is 7.99. The number of H-pyrrole nitrogens is 1. The maximum absolute atomic E-state index is 11.6. The third kappa shape index (κ3) is 3.16. The summed E-state index contributed by atoms with van der Waals surface area (Å²) in [4.78, 5) is 29.6. The molecule has 1 heterocycles. The van der Waals surface area contributed by atoms with Crippen molar-refractivity contribution in [3.8, 4) is 0 Å². The van der Waals surface area contributed by atoms with Gasteiger partial charge in [-0.1, -0.05) is 18.7 Å². The van der Waals surface area contributed by atoms with Gasteiger partial charge in [0.1, 0.15) is 0 Å². The first-order valence-corrected chi connectivity index (χ1v) is 7.20. The summed E-state index contributed by atoms with van der Waals surface area (Å²) >= 11 is 1.50. The maximum atomic E-state index is 11.6. The predicted octanol–water partition coefficient (Wildman–Crippen LogP) is 0.248. The zero-order valence-corrected chi connectivity index (χ0v) is 11.6. The van der Waals surface area contributed by atoms with Crippen LogP contribution in [0, 0.1) is 0 Å². The number of hydrogen-bond donors (Lipinski definition) is 3. The smallest absolute Gasteiger partial charge is 0.251 e. The summed E-state index contributed by atoms with van der Waals surface area (Å²) in [6.45, 7) is 2.67. The van der Waals surface area contributed by atoms with Gasteiger partial charge in [0.15, 0.2) is 5.16 Å². The van der Waals surface area contributed by atoms with Gasteiger partial charge in [0.2, 0.25) is 5.91 Å². The summed E-state index contributed by atoms with van der Waals surface area (Å²) in [7, 11) is 0. The molecule has 1 amide bonds. The third-order valence-corrected chi connectivity index (χ3v) is 4.55. The van der Waals surface area contributed by atoms with Gasteiger partial charge in [-0.15, -0.1) is 0 Å². The standard InChI is InChI=1S/C12H18N4O2S/c1-2-15-12(10(13)18)5-3-8(7-12)19-11-14-6-4-9(17)16-11/h4,6,8,15H,2-3,5,7H2,1H3,(H2,13,18)(H,14,16,17). The topological polar surface area (TPSA) is 101 Å². The van der Waals surface area contributed by atoms with Crippen LogP contribution in [0.3, 0.4) is 0 Å². The van der Waals surface area contributed by atoms with Crippen LogP contribution in [0.15, 0.2) is 22.2 Å². The highest BCUT2D eigenvalue weighted by Crippen LogP contribution is 2.38. The number of nitrogens with two attached hydrogens (primary N) is 1. The Balaban J connectivity index is 2.05. The lowest BCUT2D eigenvalue weighted by Crippen LogP contribution is -2.53. The van der Waals surface area contributed by atoms with Crippen LogP contribution >= 0.6 is 11.8 Å². The fourth-order valence-electron chi connectivity index (χ4n) is 2.48. The van der Waals surface area contributed by atoms with E-state index in [1.165, 1.54) is 24.0 Å². The molecule has 1 aliphatic carbocycles. The van der Waals surface area contributed by atoms with E-state index in [-0.39, 0.29) is 16.7 Å². The van der Waals surface area contributed by atoms with E-state index in [0.717, 1.165) is 12.8 Å². The molecule has 0 aromatic carbocycles. The molecule has 2 atom stereocenters. The van der Waals surface area contributed by atoms with Crippen molar-refractivity contribution in [1.29, 1.82) is 0 Å². The Hall–Kier alpha value is -1.34. The summed E-state index contributed by atoms with van der Waals surface area (Å²) in [5.41, 5.74) is 4.74. The lowest BCUT2D eigenvalue weighted by atomic mass is 9.97. The van der Waals surface area contributed by atoms with Gasteiger partial charge in [-0.25, -0.2) is 4.98 Å². The summed E-state index contributed by atoms with van der Waals surface area (Å²) in [5.74, 6) is -0.299. The average Bonchev–Trinajstić information content (AvgIpc) is 2.74. The number of primary amides is 1. The van der Waals surface area contributed by atoms with Gasteiger partial charge < -0.3 is 16.0 Å². The van der Waals surface area contributed by atoms with Gasteiger partial charge in [-0.2, -0.15) is 0 Å². The second-order valence-electron chi connectivity index (χ2n) is 4.70. The zero-order chi connectivity index (χ0) is 13.9. The molecule has 1 fully saturated rings. The molecule has 19 heavy (non-hydrogen) atoms. The van der Waals surface area contributed by atoms with Gasteiger partial charge >= 0.3 is 0 Å². The Morgan fingerprint density at radius 2 is 2.53 bits per heavy atom. The van der Waals surface area contributed by atoms with Crippen molar-refractivity contribution >= 4 is 17.7 Å². The minimum atomic E-state index is -0.610. The molecular weight excluding hydrogens is 264 g/mol. The number of aromatic amines is 1. The van der Waals surface area contributed by atoms with E-state index in [9.17, 15) is 9.59 Å². The summed E-state index contributed by atoms with van der Waals surface area (Å²) < 4.78 is 0. The Kier molecular flexibility index (Phi) is 4.26. The van der Waals surface area contributed by atoms with Gasteiger partial charge in [-0.05, 0) is 25.8 Å². The van der Waals surface area contributed by atoms with Crippen molar-refractivity contribution < 1.29 is 4.79 Å². The molecule has 0 spiro atoms. The van der Waals surface area contributed by atoms with Crippen molar-refractivity contribution in [3.05, 3.63) is 22.6 Å². The summed E-state index contributed by atoms with van der Waals surface area (Å²) in [6, 6.07) is 1.38. The van der Waals surface area contributed by atoms with E-state index in [1.807, 2.05) is 6.92 Å². The zero-order valence-electron chi connectivity index (χ0n) is 10.8. The third-order valence-electron chi connectivity index (χ3n) is 3.38. The van der Waals surface area contributed by atoms with Crippen molar-refractivity contribution in [2.75, 3.05) is 6.54 Å². The number of aromatic nitrogens is 2. The molecule has 2 unspecified atom stereocenters. The number of amides is 1. The van der Waals surface area contributed by atoms with E-state index in [2.05, 4.69) is 15.3 Å². The fourth-order valence-corrected chi connectivity index (χ4v) is 3.68. The Bertz CT molecular complexity index is 518. The first kappa shape index (κ1) is 14.1. The van der Waals surface area contributed by atoms with E-state index in [1.54, 1.807) is 0 Å². The first-order valence-electron chi connectivity index (χ1n) is 6.32. The number of carbonyl (C=O) groups is 1. The van der Waals surface area contributed by atoms with Crippen LogP contribution in [0.25, 0.3) is 0 Å². The molecule has 4 N–H and O–H groups in total. The second-order valence-corrected chi connectivity index (χ2v) is 5.99. The van der Waals surface area contributed by atoms with Crippen molar-refractivity contribution in [1.82, 2.24) is 15.3 Å². The highest BCUT2D eigenvalue weighted by atomic mass is 32.2. The van der Waals surface area contributed by atoms with Crippen LogP contribution < -0.4 is 16.6 Å². The van der Waals surface area contributed by atoms with E-state index < -0.39 is 5.54 Å². The lowest BCUT2D eigenvalue weighted by Gasteiger charge is -2.26. The molecule has 0 radical (unpaired) electrons. The number of rotatable bonds is 5. The molecule has 2 rings (SSSR count). The van der Waals surface area contributed by atoms with E-state index >= 15 is 0 Å². The number of hydrogen-bond acceptors (Lipinski definition) is 5. The lowest BCUT2D eigenvalue weighted by molar-refractivity contribution is -0.124. The van der Waals surface area contributed by atoms with Gasteiger partial charge in [0.05, 0.1) is 5.54 Å². The maximum Gasteiger partial charge on any atom is 0.251 e. The summed E-state index contributed by atoms with van der Waals surface area (Å²) in [6.07, 6.45) is 3.76. The van der Waals surface area contributed by atoms with Crippen molar-refractivity contribution in [3.63, 3.8) is 0 Å². The molecule has 0 aliphatic heterocycles. The van der Waals surface area contributed by atoms with Crippen LogP contribution in [0.2, 0.25) is 0 Å². The SMILES string of the molecule is CCNC1(C(N)=O)CCC(Sc2nccc(=O)[nH]2)C1. The minimum Gasteiger partial charge on any atom is -0.368 e. The van der Waals surface area contributed by atoms with Gasteiger partial charge in [-0.3, -0.25) is 9.59 Å². The van der Waals surface area contributed by atoms with Crippen LogP contribution in [0.1, 0.15) is 26.2 Å². The Morgan fingerprint density at radius 3 is 3.16 bits per heavy atom. The van der Waals surface area contributed by atoms with Crippen molar-refractivity contribution in [2.24, 2.45) is 5.73 Å². The van der Waals surface area contributed by atoms with Gasteiger partial charge in [0, 0.05) is 17.5 Å². The van der Waals surface area contributed by atoms with Crippen molar-refractivity contribution in [2.45, 2.75) is 42.1 Å². The largest absolute Gasteiger partial charge is 0.368 e. The monoisotopic (exact) mass is 282 g/mol. The number of nitrogens with zero attached hydrogens (tertiary/aromatic N) is 1. The molecule has 1 saturated carbocycles. The molecule has 1 aromatic heterocycles. The minimum absolute atomic E-state index is 0.164. The normalized spacial score (nSPS) is 26.5. The molecule has 7 heteroatoms. The molecule has 0 saturated heterocycles. The quantitative estimate of drug-likeness (QED) is 0.672. The molecule has 1 aliphatic rings. The molecule has 1 aromatic rings. The molecule has 104 valence electrons. The molecule has 0 bridgehead atoms.